The molecule has 1 heterocycles. The second kappa shape index (κ2) is 9.62. The second-order valence-corrected chi connectivity index (χ2v) is 16.9. The Morgan fingerprint density at radius 1 is 0.912 bits per heavy atom. The van der Waals surface area contributed by atoms with E-state index in [2.05, 4.69) is 48.1 Å². The Kier molecular flexibility index (Phi) is 7.39. The quantitative estimate of drug-likeness (QED) is 0.228. The summed E-state index contributed by atoms with van der Waals surface area (Å²) in [5.41, 5.74) is 3.09. The highest BCUT2D eigenvalue weighted by molar-refractivity contribution is 7.90. The van der Waals surface area contributed by atoms with Crippen molar-refractivity contribution in [3.05, 3.63) is 66.4 Å². The summed E-state index contributed by atoms with van der Waals surface area (Å²) in [4.78, 5) is 0.200. The average molecular weight is 500 g/mol. The number of para-hydroxylation sites is 1. The summed E-state index contributed by atoms with van der Waals surface area (Å²) < 4.78 is 41.0. The van der Waals surface area contributed by atoms with E-state index in [0.29, 0.717) is 39.3 Å². The highest BCUT2D eigenvalue weighted by atomic mass is 32.2. The fraction of sp³-hybridized carbons (Fsp3) is 0.407. The first-order valence-electron chi connectivity index (χ1n) is 11.8. The van der Waals surface area contributed by atoms with Crippen LogP contribution in [0.15, 0.2) is 60.0 Å². The average Bonchev–Trinajstić information content (AvgIpc) is 3.09. The zero-order valence-electron chi connectivity index (χ0n) is 21.5. The van der Waals surface area contributed by atoms with Gasteiger partial charge in [0.2, 0.25) is 0 Å². The lowest BCUT2D eigenvalue weighted by molar-refractivity contribution is 0.414. The highest BCUT2D eigenvalue weighted by Gasteiger charge is 2.47. The van der Waals surface area contributed by atoms with E-state index in [9.17, 15) is 8.42 Å². The van der Waals surface area contributed by atoms with Crippen molar-refractivity contribution in [1.82, 2.24) is 3.97 Å². The maximum absolute atomic E-state index is 13.8. The molecule has 0 N–H and O–H groups in total. The topological polar surface area (TPSA) is 57.5 Å². The lowest BCUT2D eigenvalue weighted by Gasteiger charge is -2.42. The minimum absolute atomic E-state index is 0.200. The molecule has 2 aromatic carbocycles. The molecule has 7 heteroatoms. The first-order chi connectivity index (χ1) is 15.9. The van der Waals surface area contributed by atoms with E-state index in [1.54, 1.807) is 31.4 Å². The molecule has 0 spiro atoms. The van der Waals surface area contributed by atoms with Gasteiger partial charge in [-0.3, -0.25) is 0 Å². The molecule has 0 amide bonds. The van der Waals surface area contributed by atoms with Gasteiger partial charge >= 0.3 is 0 Å². The van der Waals surface area contributed by atoms with Crippen molar-refractivity contribution in [2.45, 2.75) is 70.0 Å². The molecule has 0 aliphatic carbocycles. The first-order valence-corrected chi connectivity index (χ1v) is 15.4. The lowest BCUT2D eigenvalue weighted by atomic mass is 10.1. The summed E-state index contributed by atoms with van der Waals surface area (Å²) in [5, 5.41) is 0.821. The normalized spacial score (nSPS) is 12.7. The molecule has 0 fully saturated rings. The summed E-state index contributed by atoms with van der Waals surface area (Å²) in [6, 6.07) is 14.0. The molecule has 0 aliphatic heterocycles. The zero-order chi connectivity index (χ0) is 25.4. The number of methoxy groups -OCH3 is 1. The summed E-state index contributed by atoms with van der Waals surface area (Å²) in [6.45, 7) is 19.5. The van der Waals surface area contributed by atoms with Crippen LogP contribution in [0.3, 0.4) is 0 Å². The van der Waals surface area contributed by atoms with Crippen LogP contribution in [0, 0.1) is 6.92 Å². The Bertz CT molecular complexity index is 1270. The van der Waals surface area contributed by atoms with Gasteiger partial charge in [-0.05, 0) is 53.9 Å². The summed E-state index contributed by atoms with van der Waals surface area (Å²) in [5.74, 6) is 1.16. The molecule has 5 nitrogen and oxygen atoms in total. The molecule has 3 rings (SSSR count). The molecule has 0 atom stereocenters. The molecule has 0 saturated carbocycles. The van der Waals surface area contributed by atoms with E-state index < -0.39 is 18.3 Å². The Balaban J connectivity index is 2.21. The number of ether oxygens (including phenoxy) is 1. The van der Waals surface area contributed by atoms with Crippen LogP contribution in [0.2, 0.25) is 16.6 Å². The number of hydrogen-bond donors (Lipinski definition) is 0. The van der Waals surface area contributed by atoms with Crippen molar-refractivity contribution in [2.24, 2.45) is 0 Å². The van der Waals surface area contributed by atoms with E-state index >= 15 is 0 Å². The smallest absolute Gasteiger partial charge is 0.268 e. The standard InChI is InChI=1S/C27H37NO4SSi/c1-18(2)34(19(3)4,20(5)6)32-22(8)27-21(7)28(26-13-11-10-12-25(26)27)33(29,30)24-16-14-23(31-9)15-17-24/h10-20H,8H2,1-7,9H3. The Labute approximate surface area is 205 Å². The number of aromatic nitrogens is 1. The van der Waals surface area contributed by atoms with Crippen LogP contribution in [-0.2, 0) is 14.4 Å². The van der Waals surface area contributed by atoms with Gasteiger partial charge < -0.3 is 9.16 Å². The van der Waals surface area contributed by atoms with Crippen LogP contribution in [0.25, 0.3) is 16.7 Å². The van der Waals surface area contributed by atoms with Crippen LogP contribution in [0.5, 0.6) is 5.75 Å². The van der Waals surface area contributed by atoms with Gasteiger partial charge in [-0.25, -0.2) is 12.4 Å². The number of hydrogen-bond acceptors (Lipinski definition) is 4. The molecule has 0 radical (unpaired) electrons. The third-order valence-corrected chi connectivity index (χ3v) is 14.8. The van der Waals surface area contributed by atoms with E-state index in [0.717, 1.165) is 10.9 Å². The number of benzene rings is 2. The summed E-state index contributed by atoms with van der Waals surface area (Å²) in [6.07, 6.45) is 0. The van der Waals surface area contributed by atoms with Crippen LogP contribution >= 0.6 is 0 Å². The van der Waals surface area contributed by atoms with E-state index in [4.69, 9.17) is 9.16 Å². The summed E-state index contributed by atoms with van der Waals surface area (Å²) >= 11 is 0. The van der Waals surface area contributed by atoms with E-state index in [1.807, 2.05) is 31.2 Å². The fourth-order valence-corrected chi connectivity index (χ4v) is 12.3. The Morgan fingerprint density at radius 3 is 1.94 bits per heavy atom. The van der Waals surface area contributed by atoms with Crippen molar-refractivity contribution >= 4 is 35.0 Å². The second-order valence-electron chi connectivity index (χ2n) is 9.77. The minimum Gasteiger partial charge on any atom is -0.543 e. The Hall–Kier alpha value is -2.51. The third kappa shape index (κ3) is 4.20. The predicted octanol–water partition coefficient (Wildman–Crippen LogP) is 7.36. The molecular weight excluding hydrogens is 462 g/mol. The van der Waals surface area contributed by atoms with Gasteiger partial charge in [0.25, 0.3) is 18.3 Å². The van der Waals surface area contributed by atoms with Crippen LogP contribution in [0.4, 0.5) is 0 Å². The monoisotopic (exact) mass is 499 g/mol. The van der Waals surface area contributed by atoms with Gasteiger partial charge in [0.05, 0.1) is 17.5 Å². The molecule has 34 heavy (non-hydrogen) atoms. The third-order valence-electron chi connectivity index (χ3n) is 6.94. The van der Waals surface area contributed by atoms with Gasteiger partial charge in [0.1, 0.15) is 11.5 Å². The first kappa shape index (κ1) is 26.1. The number of fused-ring (bicyclic) bond motifs is 1. The molecule has 0 saturated heterocycles. The Morgan fingerprint density at radius 2 is 1.44 bits per heavy atom. The van der Waals surface area contributed by atoms with Gasteiger partial charge in [-0.2, -0.15) is 0 Å². The van der Waals surface area contributed by atoms with Crippen molar-refractivity contribution < 1.29 is 17.6 Å². The zero-order valence-corrected chi connectivity index (χ0v) is 23.4. The van der Waals surface area contributed by atoms with Crippen LogP contribution < -0.4 is 4.74 Å². The van der Waals surface area contributed by atoms with Gasteiger partial charge in [-0.1, -0.05) is 66.3 Å². The largest absolute Gasteiger partial charge is 0.543 e. The van der Waals surface area contributed by atoms with Crippen molar-refractivity contribution in [2.75, 3.05) is 7.11 Å². The molecule has 0 unspecified atom stereocenters. The van der Waals surface area contributed by atoms with Crippen LogP contribution in [0.1, 0.15) is 52.8 Å². The SMILES string of the molecule is C=C(O[Si](C(C)C)(C(C)C)C(C)C)c1c(C)n(S(=O)(=O)c2ccc(OC)cc2)c2ccccc12. The lowest BCUT2D eigenvalue weighted by Crippen LogP contribution is -2.47. The van der Waals surface area contributed by atoms with E-state index in [1.165, 1.54) is 3.97 Å². The molecular formula is C27H37NO4SSi. The molecule has 184 valence electrons. The maximum Gasteiger partial charge on any atom is 0.268 e. The molecule has 1 aromatic heterocycles. The van der Waals surface area contributed by atoms with E-state index in [-0.39, 0.29) is 4.90 Å². The van der Waals surface area contributed by atoms with Crippen molar-refractivity contribution in [1.29, 1.82) is 0 Å². The van der Waals surface area contributed by atoms with Gasteiger partial charge in [0.15, 0.2) is 0 Å². The van der Waals surface area contributed by atoms with Crippen molar-refractivity contribution in [3.63, 3.8) is 0 Å². The molecule has 3 aromatic rings. The van der Waals surface area contributed by atoms with Gasteiger partial charge in [0, 0.05) is 16.6 Å². The molecule has 0 aliphatic rings. The fourth-order valence-electron chi connectivity index (χ4n) is 5.47. The van der Waals surface area contributed by atoms with Gasteiger partial charge in [-0.15, -0.1) is 0 Å². The van der Waals surface area contributed by atoms with Crippen LogP contribution in [-0.4, -0.2) is 27.8 Å². The predicted molar refractivity (Wildman–Crippen MR) is 143 cm³/mol. The number of rotatable bonds is 9. The van der Waals surface area contributed by atoms with Crippen molar-refractivity contribution in [3.8, 4) is 5.75 Å². The maximum atomic E-state index is 13.8. The number of nitrogens with zero attached hydrogens (tertiary/aromatic N) is 1. The minimum atomic E-state index is -3.85. The highest BCUT2D eigenvalue weighted by Crippen LogP contribution is 2.46. The molecule has 0 bridgehead atoms. The summed E-state index contributed by atoms with van der Waals surface area (Å²) in [7, 11) is -4.56.